The Morgan fingerprint density at radius 1 is 1.12 bits per heavy atom. The van der Waals surface area contributed by atoms with Gasteiger partial charge in [-0.15, -0.1) is 0 Å². The molecule has 0 spiro atoms. The third kappa shape index (κ3) is 3.46. The zero-order chi connectivity index (χ0) is 16.9. The number of hydrogen-bond donors (Lipinski definition) is 1. The van der Waals surface area contributed by atoms with Gasteiger partial charge in [0.15, 0.2) is 0 Å². The third-order valence-electron chi connectivity index (χ3n) is 4.19. The largest absolute Gasteiger partial charge is 0.444 e. The van der Waals surface area contributed by atoms with Crippen LogP contribution in [0.3, 0.4) is 0 Å². The molecule has 5 nitrogen and oxygen atoms in total. The molecule has 2 amide bonds. The lowest BCUT2D eigenvalue weighted by Crippen LogP contribution is -2.35. The summed E-state index contributed by atoms with van der Waals surface area (Å²) in [5.41, 5.74) is 1.54. The molecule has 1 saturated heterocycles. The number of aliphatic hydroxyl groups excluding tert-OH is 1. The van der Waals surface area contributed by atoms with E-state index in [1.165, 1.54) is 0 Å². The molecule has 1 heterocycles. The van der Waals surface area contributed by atoms with Gasteiger partial charge in [0.05, 0.1) is 12.0 Å². The topological polar surface area (TPSA) is 66.8 Å². The van der Waals surface area contributed by atoms with Gasteiger partial charge in [-0.2, -0.15) is 0 Å². The average Bonchev–Trinajstić information content (AvgIpc) is 3.02. The molecule has 1 fully saturated rings. The number of carbonyl (C=O) groups excluding carboxylic acids is 2. The first kappa shape index (κ1) is 16.2. The second kappa shape index (κ2) is 7.27. The van der Waals surface area contributed by atoms with Gasteiger partial charge in [-0.05, 0) is 17.5 Å². The van der Waals surface area contributed by atoms with Crippen molar-refractivity contribution in [2.24, 2.45) is 5.92 Å². The molecule has 2 aromatic rings. The number of imide groups is 1. The number of rotatable bonds is 4. The Labute approximate surface area is 140 Å². The maximum atomic E-state index is 12.4. The number of amides is 2. The average molecular weight is 325 g/mol. The zero-order valence-corrected chi connectivity index (χ0v) is 13.2. The standard InChI is InChI=1S/C19H19NO4/c21-17(15-9-5-2-6-10-15)16-11-12-20(18(16)22)19(23)24-13-14-7-3-1-4-8-14/h1-10,16-17,21H,11-13H2/t16-,17-/m1/s1. The first-order valence-corrected chi connectivity index (χ1v) is 7.92. The van der Waals surface area contributed by atoms with Gasteiger partial charge in [0.25, 0.3) is 0 Å². The molecule has 0 bridgehead atoms. The van der Waals surface area contributed by atoms with Gasteiger partial charge in [0.1, 0.15) is 6.61 Å². The summed E-state index contributed by atoms with van der Waals surface area (Å²) in [6, 6.07) is 18.3. The molecule has 0 saturated carbocycles. The molecule has 0 radical (unpaired) electrons. The Bertz CT molecular complexity index is 702. The maximum Gasteiger partial charge on any atom is 0.416 e. The second-order valence-corrected chi connectivity index (χ2v) is 5.78. The van der Waals surface area contributed by atoms with Crippen LogP contribution in [0.1, 0.15) is 23.7 Å². The molecule has 1 N–H and O–H groups in total. The Hall–Kier alpha value is -2.66. The van der Waals surface area contributed by atoms with Crippen LogP contribution in [0.2, 0.25) is 0 Å². The summed E-state index contributed by atoms with van der Waals surface area (Å²) in [4.78, 5) is 25.7. The van der Waals surface area contributed by atoms with Crippen LogP contribution in [-0.4, -0.2) is 28.6 Å². The van der Waals surface area contributed by atoms with Crippen LogP contribution in [0.4, 0.5) is 4.79 Å². The van der Waals surface area contributed by atoms with Crippen LogP contribution < -0.4 is 0 Å². The number of benzene rings is 2. The van der Waals surface area contributed by atoms with E-state index >= 15 is 0 Å². The smallest absolute Gasteiger partial charge is 0.416 e. The molecule has 0 aliphatic carbocycles. The summed E-state index contributed by atoms with van der Waals surface area (Å²) in [6.45, 7) is 0.385. The Morgan fingerprint density at radius 3 is 2.42 bits per heavy atom. The highest BCUT2D eigenvalue weighted by atomic mass is 16.6. The number of aliphatic hydroxyl groups is 1. The van der Waals surface area contributed by atoms with E-state index in [-0.39, 0.29) is 19.1 Å². The fraction of sp³-hybridized carbons (Fsp3) is 0.263. The van der Waals surface area contributed by atoms with Crippen molar-refractivity contribution in [1.82, 2.24) is 4.90 Å². The summed E-state index contributed by atoms with van der Waals surface area (Å²) < 4.78 is 5.20. The fourth-order valence-corrected chi connectivity index (χ4v) is 2.86. The summed E-state index contributed by atoms with van der Waals surface area (Å²) in [5.74, 6) is -0.999. The van der Waals surface area contributed by atoms with Crippen molar-refractivity contribution < 1.29 is 19.4 Å². The van der Waals surface area contributed by atoms with Gasteiger partial charge in [-0.25, -0.2) is 9.69 Å². The molecule has 5 heteroatoms. The number of likely N-dealkylation sites (tertiary alicyclic amines) is 1. The fourth-order valence-electron chi connectivity index (χ4n) is 2.86. The van der Waals surface area contributed by atoms with E-state index in [4.69, 9.17) is 4.74 Å². The summed E-state index contributed by atoms with van der Waals surface area (Å²) in [5, 5.41) is 10.4. The van der Waals surface area contributed by atoms with Crippen molar-refractivity contribution in [2.45, 2.75) is 19.1 Å². The quantitative estimate of drug-likeness (QED) is 0.938. The van der Waals surface area contributed by atoms with E-state index in [0.29, 0.717) is 12.0 Å². The van der Waals surface area contributed by atoms with Crippen LogP contribution in [0.15, 0.2) is 60.7 Å². The zero-order valence-electron chi connectivity index (χ0n) is 13.2. The lowest BCUT2D eigenvalue weighted by atomic mass is 9.94. The predicted molar refractivity (Wildman–Crippen MR) is 87.8 cm³/mol. The lowest BCUT2D eigenvalue weighted by molar-refractivity contribution is -0.132. The molecule has 24 heavy (non-hydrogen) atoms. The first-order chi connectivity index (χ1) is 11.7. The number of nitrogens with zero attached hydrogens (tertiary/aromatic N) is 1. The van der Waals surface area contributed by atoms with Gasteiger partial charge in [0.2, 0.25) is 5.91 Å². The minimum atomic E-state index is -0.911. The minimum absolute atomic E-state index is 0.120. The van der Waals surface area contributed by atoms with Crippen LogP contribution in [0.25, 0.3) is 0 Å². The number of carbonyl (C=O) groups is 2. The molecule has 3 rings (SSSR count). The van der Waals surface area contributed by atoms with Gasteiger partial charge < -0.3 is 9.84 Å². The van der Waals surface area contributed by atoms with E-state index in [1.807, 2.05) is 48.5 Å². The molecule has 2 aromatic carbocycles. The molecule has 124 valence electrons. The van der Waals surface area contributed by atoms with Crippen molar-refractivity contribution in [3.8, 4) is 0 Å². The van der Waals surface area contributed by atoms with Crippen LogP contribution in [-0.2, 0) is 16.1 Å². The van der Waals surface area contributed by atoms with Crippen molar-refractivity contribution in [3.63, 3.8) is 0 Å². The van der Waals surface area contributed by atoms with Crippen LogP contribution in [0, 0.1) is 5.92 Å². The van der Waals surface area contributed by atoms with Crippen LogP contribution in [0.5, 0.6) is 0 Å². The molecule has 1 aliphatic heterocycles. The summed E-state index contributed by atoms with van der Waals surface area (Å²) in [7, 11) is 0. The summed E-state index contributed by atoms with van der Waals surface area (Å²) >= 11 is 0. The molecule has 0 aromatic heterocycles. The van der Waals surface area contributed by atoms with E-state index in [2.05, 4.69) is 0 Å². The second-order valence-electron chi connectivity index (χ2n) is 5.78. The van der Waals surface area contributed by atoms with Gasteiger partial charge >= 0.3 is 6.09 Å². The van der Waals surface area contributed by atoms with Crippen LogP contribution >= 0.6 is 0 Å². The third-order valence-corrected chi connectivity index (χ3v) is 4.19. The Kier molecular flexibility index (Phi) is 4.91. The molecular formula is C19H19NO4. The Balaban J connectivity index is 1.60. The van der Waals surface area contributed by atoms with Gasteiger partial charge in [-0.1, -0.05) is 60.7 Å². The van der Waals surface area contributed by atoms with Crippen molar-refractivity contribution >= 4 is 12.0 Å². The highest BCUT2D eigenvalue weighted by molar-refractivity contribution is 5.95. The normalized spacial score (nSPS) is 18.5. The van der Waals surface area contributed by atoms with Crippen molar-refractivity contribution in [3.05, 3.63) is 71.8 Å². The van der Waals surface area contributed by atoms with Crippen molar-refractivity contribution in [2.75, 3.05) is 6.54 Å². The Morgan fingerprint density at radius 2 is 1.75 bits per heavy atom. The highest BCUT2D eigenvalue weighted by Crippen LogP contribution is 2.31. The lowest BCUT2D eigenvalue weighted by Gasteiger charge is -2.18. The SMILES string of the molecule is O=C(OCc1ccccc1)N1CC[C@H]([C@H](O)c2ccccc2)C1=O. The number of ether oxygens (including phenoxy) is 1. The van der Waals surface area contributed by atoms with E-state index in [0.717, 1.165) is 10.5 Å². The summed E-state index contributed by atoms with van der Waals surface area (Å²) in [6.07, 6.45) is -1.15. The minimum Gasteiger partial charge on any atom is -0.444 e. The van der Waals surface area contributed by atoms with E-state index in [9.17, 15) is 14.7 Å². The van der Waals surface area contributed by atoms with E-state index < -0.39 is 18.1 Å². The predicted octanol–water partition coefficient (Wildman–Crippen LogP) is 2.91. The van der Waals surface area contributed by atoms with E-state index in [1.54, 1.807) is 12.1 Å². The molecule has 1 aliphatic rings. The maximum absolute atomic E-state index is 12.4. The molecular weight excluding hydrogens is 306 g/mol. The van der Waals surface area contributed by atoms with Crippen molar-refractivity contribution in [1.29, 1.82) is 0 Å². The number of hydrogen-bond acceptors (Lipinski definition) is 4. The molecule has 2 atom stereocenters. The van der Waals surface area contributed by atoms with Gasteiger partial charge in [-0.3, -0.25) is 4.79 Å². The molecule has 0 unspecified atom stereocenters. The van der Waals surface area contributed by atoms with Gasteiger partial charge in [0, 0.05) is 6.54 Å². The monoisotopic (exact) mass is 325 g/mol. The highest BCUT2D eigenvalue weighted by Gasteiger charge is 2.40. The first-order valence-electron chi connectivity index (χ1n) is 7.92.